The third kappa shape index (κ3) is 1.91. The number of amides is 2. The third-order valence-electron chi connectivity index (χ3n) is 8.94. The van der Waals surface area contributed by atoms with Gasteiger partial charge in [-0.1, -0.05) is 52.0 Å². The third-order valence-corrected chi connectivity index (χ3v) is 8.94. The standard InChI is InChI=1S/C22H32N2O2/c1-13-19(3,4)15-7-9-21(13,11-15)17(25)23-24-18(26)22-10-8-16(12-22)20(5,6)14(22)2/h15-16H,1-2,7-12H2,3-6H3,(H,23,25)(H,24,26)/t15-,16-,21-,22-/m0/s1. The highest BCUT2D eigenvalue weighted by atomic mass is 16.2. The fourth-order valence-corrected chi connectivity index (χ4v) is 6.64. The lowest BCUT2D eigenvalue weighted by Gasteiger charge is -2.38. The molecule has 4 fully saturated rings. The van der Waals surface area contributed by atoms with E-state index in [1.54, 1.807) is 0 Å². The van der Waals surface area contributed by atoms with Gasteiger partial charge in [0.2, 0.25) is 11.8 Å². The summed E-state index contributed by atoms with van der Waals surface area (Å²) >= 11 is 0. The maximum atomic E-state index is 13.0. The summed E-state index contributed by atoms with van der Waals surface area (Å²) in [6, 6.07) is 0. The van der Waals surface area contributed by atoms with Gasteiger partial charge in [-0.15, -0.1) is 0 Å². The van der Waals surface area contributed by atoms with E-state index < -0.39 is 10.8 Å². The number of carbonyl (C=O) groups is 2. The molecule has 142 valence electrons. The van der Waals surface area contributed by atoms with Crippen LogP contribution in [-0.2, 0) is 9.59 Å². The van der Waals surface area contributed by atoms with Crippen molar-refractivity contribution in [3.8, 4) is 0 Å². The predicted molar refractivity (Wildman–Crippen MR) is 102 cm³/mol. The van der Waals surface area contributed by atoms with E-state index in [4.69, 9.17) is 0 Å². The molecule has 0 unspecified atom stereocenters. The van der Waals surface area contributed by atoms with E-state index >= 15 is 0 Å². The van der Waals surface area contributed by atoms with Crippen LogP contribution in [0.2, 0.25) is 0 Å². The topological polar surface area (TPSA) is 58.2 Å². The summed E-state index contributed by atoms with van der Waals surface area (Å²) in [4.78, 5) is 26.1. The van der Waals surface area contributed by atoms with Gasteiger partial charge in [-0.2, -0.15) is 0 Å². The lowest BCUT2D eigenvalue weighted by molar-refractivity contribution is -0.137. The monoisotopic (exact) mass is 356 g/mol. The number of nitrogens with one attached hydrogen (secondary N) is 2. The van der Waals surface area contributed by atoms with Crippen LogP contribution in [0, 0.1) is 33.5 Å². The predicted octanol–water partition coefficient (Wildman–Crippen LogP) is 3.90. The first-order chi connectivity index (χ1) is 12.0. The molecule has 0 aliphatic heterocycles. The van der Waals surface area contributed by atoms with Gasteiger partial charge in [0.05, 0.1) is 10.8 Å². The maximum absolute atomic E-state index is 13.0. The number of hydrogen-bond donors (Lipinski definition) is 2. The van der Waals surface area contributed by atoms with E-state index in [1.807, 2.05) is 0 Å². The molecule has 0 spiro atoms. The molecule has 4 atom stereocenters. The molecule has 4 aliphatic carbocycles. The molecular formula is C22H32N2O2. The highest BCUT2D eigenvalue weighted by molar-refractivity contribution is 5.92. The second-order valence-electron chi connectivity index (χ2n) is 10.4. The van der Waals surface area contributed by atoms with Crippen LogP contribution in [-0.4, -0.2) is 11.8 Å². The summed E-state index contributed by atoms with van der Waals surface area (Å²) < 4.78 is 0. The van der Waals surface area contributed by atoms with Crippen LogP contribution in [0.4, 0.5) is 0 Å². The quantitative estimate of drug-likeness (QED) is 0.582. The summed E-state index contributed by atoms with van der Waals surface area (Å²) in [7, 11) is 0. The summed E-state index contributed by atoms with van der Waals surface area (Å²) in [5.74, 6) is 0.859. The Kier molecular flexibility index (Phi) is 3.44. The van der Waals surface area contributed by atoms with Gasteiger partial charge in [-0.05, 0) is 61.2 Å². The summed E-state index contributed by atoms with van der Waals surface area (Å²) in [6.45, 7) is 17.3. The molecule has 26 heavy (non-hydrogen) atoms. The molecule has 0 radical (unpaired) electrons. The molecule has 0 saturated heterocycles. The van der Waals surface area contributed by atoms with Gasteiger partial charge in [-0.25, -0.2) is 0 Å². The molecule has 0 aromatic carbocycles. The van der Waals surface area contributed by atoms with Crippen molar-refractivity contribution < 1.29 is 9.59 Å². The van der Waals surface area contributed by atoms with Gasteiger partial charge in [0.1, 0.15) is 0 Å². The Balaban J connectivity index is 1.47. The Morgan fingerprint density at radius 3 is 1.42 bits per heavy atom. The number of carbonyl (C=O) groups excluding carboxylic acids is 2. The van der Waals surface area contributed by atoms with Crippen LogP contribution in [0.15, 0.2) is 24.3 Å². The SMILES string of the molecule is C=C1C(C)(C)[C@H]2CC[C@]1(C(=O)NNC(=O)[C@@]13CC[C@@H](C1)C(C)(C)C3=C)C2. The number of hydrazine groups is 1. The van der Waals surface area contributed by atoms with Crippen molar-refractivity contribution in [3.05, 3.63) is 24.3 Å². The van der Waals surface area contributed by atoms with Crippen molar-refractivity contribution >= 4 is 11.8 Å². The molecule has 4 rings (SSSR count). The van der Waals surface area contributed by atoms with Crippen molar-refractivity contribution in [3.63, 3.8) is 0 Å². The zero-order valence-electron chi connectivity index (χ0n) is 16.6. The molecule has 4 bridgehead atoms. The Morgan fingerprint density at radius 1 is 0.808 bits per heavy atom. The Labute approximate surface area is 156 Å². The zero-order chi connectivity index (χ0) is 19.1. The van der Waals surface area contributed by atoms with Gasteiger partial charge >= 0.3 is 0 Å². The fourth-order valence-electron chi connectivity index (χ4n) is 6.64. The first kappa shape index (κ1) is 17.8. The van der Waals surface area contributed by atoms with Crippen LogP contribution in [0.1, 0.15) is 66.2 Å². The van der Waals surface area contributed by atoms with Crippen molar-refractivity contribution in [1.29, 1.82) is 0 Å². The summed E-state index contributed by atoms with van der Waals surface area (Å²) in [6.07, 6.45) is 5.51. The Hall–Kier alpha value is -1.58. The van der Waals surface area contributed by atoms with E-state index in [0.717, 1.165) is 49.7 Å². The first-order valence-corrected chi connectivity index (χ1v) is 9.99. The molecule has 2 amide bonds. The lowest BCUT2D eigenvalue weighted by atomic mass is 9.68. The Bertz CT molecular complexity index is 672. The normalized spacial score (nSPS) is 41.5. The highest BCUT2D eigenvalue weighted by Gasteiger charge is 2.62. The molecule has 0 aromatic heterocycles. The molecule has 0 aromatic rings. The van der Waals surface area contributed by atoms with E-state index in [9.17, 15) is 9.59 Å². The average Bonchev–Trinajstić information content (AvgIpc) is 3.30. The Morgan fingerprint density at radius 2 is 1.15 bits per heavy atom. The first-order valence-electron chi connectivity index (χ1n) is 9.99. The molecule has 2 N–H and O–H groups in total. The largest absolute Gasteiger partial charge is 0.272 e. The minimum atomic E-state index is -0.511. The zero-order valence-corrected chi connectivity index (χ0v) is 16.6. The maximum Gasteiger partial charge on any atom is 0.248 e. The van der Waals surface area contributed by atoms with E-state index in [-0.39, 0.29) is 22.6 Å². The molecule has 4 aliphatic rings. The van der Waals surface area contributed by atoms with Crippen LogP contribution in [0.3, 0.4) is 0 Å². The van der Waals surface area contributed by atoms with Gasteiger partial charge in [0.25, 0.3) is 0 Å². The van der Waals surface area contributed by atoms with Crippen molar-refractivity contribution in [2.75, 3.05) is 0 Å². The average molecular weight is 357 g/mol. The fraction of sp³-hybridized carbons (Fsp3) is 0.727. The van der Waals surface area contributed by atoms with Gasteiger partial charge < -0.3 is 0 Å². The van der Waals surface area contributed by atoms with Gasteiger partial charge in [-0.3, -0.25) is 20.4 Å². The molecular weight excluding hydrogens is 324 g/mol. The van der Waals surface area contributed by atoms with Crippen molar-refractivity contribution in [2.45, 2.75) is 66.2 Å². The number of fused-ring (bicyclic) bond motifs is 4. The van der Waals surface area contributed by atoms with Crippen LogP contribution >= 0.6 is 0 Å². The highest BCUT2D eigenvalue weighted by Crippen LogP contribution is 2.66. The molecule has 4 heteroatoms. The van der Waals surface area contributed by atoms with Crippen molar-refractivity contribution in [1.82, 2.24) is 10.9 Å². The van der Waals surface area contributed by atoms with Crippen molar-refractivity contribution in [2.24, 2.45) is 33.5 Å². The smallest absolute Gasteiger partial charge is 0.248 e. The summed E-state index contributed by atoms with van der Waals surface area (Å²) in [5.41, 5.74) is 6.58. The minimum Gasteiger partial charge on any atom is -0.272 e. The van der Waals surface area contributed by atoms with Gasteiger partial charge in [0.15, 0.2) is 0 Å². The van der Waals surface area contributed by atoms with Crippen LogP contribution < -0.4 is 10.9 Å². The van der Waals surface area contributed by atoms with E-state index in [0.29, 0.717) is 11.8 Å². The second kappa shape index (κ2) is 5.02. The van der Waals surface area contributed by atoms with E-state index in [1.165, 1.54) is 0 Å². The summed E-state index contributed by atoms with van der Waals surface area (Å²) in [5, 5.41) is 0. The molecule has 4 saturated carbocycles. The second-order valence-corrected chi connectivity index (χ2v) is 10.4. The molecule has 0 heterocycles. The van der Waals surface area contributed by atoms with Crippen LogP contribution in [0.25, 0.3) is 0 Å². The number of rotatable bonds is 2. The lowest BCUT2D eigenvalue weighted by Crippen LogP contribution is -2.53. The molecule has 4 nitrogen and oxygen atoms in total. The minimum absolute atomic E-state index is 0.000717. The van der Waals surface area contributed by atoms with E-state index in [2.05, 4.69) is 51.7 Å². The van der Waals surface area contributed by atoms with Gasteiger partial charge in [0, 0.05) is 0 Å². The van der Waals surface area contributed by atoms with Crippen LogP contribution in [0.5, 0.6) is 0 Å². The number of hydrogen-bond acceptors (Lipinski definition) is 2.